The van der Waals surface area contributed by atoms with Crippen LogP contribution in [0.1, 0.15) is 94.9 Å². The second kappa shape index (κ2) is 8.85. The first kappa shape index (κ1) is 27.0. The van der Waals surface area contributed by atoms with Crippen LogP contribution in [0.4, 0.5) is 0 Å². The van der Waals surface area contributed by atoms with E-state index < -0.39 is 11.3 Å². The summed E-state index contributed by atoms with van der Waals surface area (Å²) in [6, 6.07) is 0. The van der Waals surface area contributed by atoms with Crippen LogP contribution in [0.3, 0.4) is 0 Å². The van der Waals surface area contributed by atoms with Crippen molar-refractivity contribution in [3.8, 4) is 0 Å². The van der Waals surface area contributed by atoms with Gasteiger partial charge in [0.25, 0.3) is 12.9 Å². The van der Waals surface area contributed by atoms with Crippen LogP contribution >= 0.6 is 0 Å². The molecule has 0 aromatic carbocycles. The van der Waals surface area contributed by atoms with Gasteiger partial charge >= 0.3 is 0 Å². The molecule has 2 aliphatic heterocycles. The highest BCUT2D eigenvalue weighted by atomic mass is 16.5. The van der Waals surface area contributed by atoms with Gasteiger partial charge in [-0.25, -0.2) is 0 Å². The summed E-state index contributed by atoms with van der Waals surface area (Å²) in [5.41, 5.74) is -1.71. The predicted octanol–water partition coefficient (Wildman–Crippen LogP) is 2.56. The maximum absolute atomic E-state index is 11.2. The Morgan fingerprint density at radius 3 is 1.03 bits per heavy atom. The first-order valence-corrected chi connectivity index (χ1v) is 11.8. The van der Waals surface area contributed by atoms with E-state index in [2.05, 4.69) is 76.7 Å². The molecule has 0 aromatic heterocycles. The van der Waals surface area contributed by atoms with E-state index >= 15 is 0 Å². The number of unbranched alkanes of at least 4 members (excludes halogenated alkanes) is 1. The van der Waals surface area contributed by atoms with Crippen LogP contribution in [-0.2, 0) is 19.1 Å². The molecular formula is C24H46N4O4. The highest BCUT2D eigenvalue weighted by Crippen LogP contribution is 2.37. The lowest BCUT2D eigenvalue weighted by atomic mass is 9.85. The number of hydrogen-bond donors (Lipinski definition) is 4. The lowest BCUT2D eigenvalue weighted by Crippen LogP contribution is -2.59. The fourth-order valence-corrected chi connectivity index (χ4v) is 5.39. The predicted molar refractivity (Wildman–Crippen MR) is 126 cm³/mol. The van der Waals surface area contributed by atoms with Gasteiger partial charge in [0, 0.05) is 22.2 Å². The normalized spacial score (nSPS) is 27.9. The Morgan fingerprint density at radius 2 is 0.812 bits per heavy atom. The molecule has 0 spiro atoms. The zero-order valence-electron chi connectivity index (χ0n) is 21.8. The molecule has 8 nitrogen and oxygen atoms in total. The minimum absolute atomic E-state index is 0.164. The number of ether oxygens (including phenoxy) is 2. The summed E-state index contributed by atoms with van der Waals surface area (Å²) in [4.78, 5) is 22.5. The monoisotopic (exact) mass is 454 g/mol. The van der Waals surface area contributed by atoms with E-state index in [1.54, 1.807) is 0 Å². The quantitative estimate of drug-likeness (QED) is 0.279. The molecule has 2 aliphatic rings. The van der Waals surface area contributed by atoms with Crippen molar-refractivity contribution in [3.63, 3.8) is 0 Å². The highest BCUT2D eigenvalue weighted by molar-refractivity contribution is 5.38. The van der Waals surface area contributed by atoms with Crippen molar-refractivity contribution in [3.05, 3.63) is 0 Å². The first-order valence-electron chi connectivity index (χ1n) is 11.8. The molecule has 32 heavy (non-hydrogen) atoms. The van der Waals surface area contributed by atoms with Crippen molar-refractivity contribution in [2.75, 3.05) is 0 Å². The molecule has 0 saturated carbocycles. The van der Waals surface area contributed by atoms with Gasteiger partial charge < -0.3 is 9.47 Å². The van der Waals surface area contributed by atoms with Crippen LogP contribution in [0.25, 0.3) is 0 Å². The van der Waals surface area contributed by atoms with E-state index in [0.717, 1.165) is 12.8 Å². The zero-order chi connectivity index (χ0) is 24.6. The van der Waals surface area contributed by atoms with Gasteiger partial charge in [-0.15, -0.1) is 0 Å². The van der Waals surface area contributed by atoms with Crippen LogP contribution in [0.15, 0.2) is 0 Å². The summed E-state index contributed by atoms with van der Waals surface area (Å²) in [5.74, 6) is 0. The molecule has 0 bridgehead atoms. The van der Waals surface area contributed by atoms with Gasteiger partial charge in [0.2, 0.25) is 0 Å². The molecule has 2 rings (SSSR count). The Bertz CT molecular complexity index is 599. The van der Waals surface area contributed by atoms with Crippen LogP contribution in [0.2, 0.25) is 0 Å². The van der Waals surface area contributed by atoms with Gasteiger partial charge in [0.15, 0.2) is 0 Å². The maximum Gasteiger partial charge on any atom is 0.293 e. The summed E-state index contributed by atoms with van der Waals surface area (Å²) in [6.45, 7) is 22.4. The van der Waals surface area contributed by atoms with Crippen molar-refractivity contribution < 1.29 is 19.1 Å². The lowest BCUT2D eigenvalue weighted by Gasteiger charge is -2.36. The van der Waals surface area contributed by atoms with Crippen molar-refractivity contribution >= 4 is 12.9 Å². The van der Waals surface area contributed by atoms with E-state index in [1.165, 1.54) is 0 Å². The number of hydrogen-bond acceptors (Lipinski definition) is 8. The average Bonchev–Trinajstić information content (AvgIpc) is 2.89. The van der Waals surface area contributed by atoms with Gasteiger partial charge in [-0.3, -0.25) is 30.9 Å². The smallest absolute Gasteiger partial charge is 0.293 e. The molecule has 2 atom stereocenters. The molecule has 2 heterocycles. The topological polar surface area (TPSA) is 101 Å². The van der Waals surface area contributed by atoms with Gasteiger partial charge in [-0.2, -0.15) is 0 Å². The van der Waals surface area contributed by atoms with E-state index in [1.807, 2.05) is 13.8 Å². The third-order valence-electron chi connectivity index (χ3n) is 8.32. The summed E-state index contributed by atoms with van der Waals surface area (Å²) in [5, 5.41) is 14.5. The third-order valence-corrected chi connectivity index (χ3v) is 8.32. The number of carbonyl (C=O) groups is 2. The van der Waals surface area contributed by atoms with Crippen LogP contribution in [-0.4, -0.2) is 58.6 Å². The summed E-state index contributed by atoms with van der Waals surface area (Å²) >= 11 is 0. The van der Waals surface area contributed by atoms with Crippen molar-refractivity contribution in [2.24, 2.45) is 0 Å². The molecule has 186 valence electrons. The summed E-state index contributed by atoms with van der Waals surface area (Å²) < 4.78 is 11.1. The second-order valence-electron chi connectivity index (χ2n) is 12.1. The Hall–Kier alpha value is -1.22. The number of carbonyl (C=O) groups excluding carboxylic acids is 2. The Balaban J connectivity index is 2.01. The van der Waals surface area contributed by atoms with Gasteiger partial charge in [-0.05, 0) is 94.9 Å². The van der Waals surface area contributed by atoms with Crippen LogP contribution in [0.5, 0.6) is 0 Å². The van der Waals surface area contributed by atoms with Crippen molar-refractivity contribution in [1.82, 2.24) is 21.3 Å². The van der Waals surface area contributed by atoms with Gasteiger partial charge in [0.05, 0.1) is 0 Å². The van der Waals surface area contributed by atoms with Crippen molar-refractivity contribution in [2.45, 2.75) is 141 Å². The average molecular weight is 455 g/mol. The molecular weight excluding hydrogens is 408 g/mol. The van der Waals surface area contributed by atoms with E-state index in [9.17, 15) is 9.59 Å². The van der Waals surface area contributed by atoms with Crippen molar-refractivity contribution in [1.29, 1.82) is 0 Å². The second-order valence-corrected chi connectivity index (χ2v) is 12.1. The fourth-order valence-electron chi connectivity index (χ4n) is 5.39. The lowest BCUT2D eigenvalue weighted by molar-refractivity contribution is -0.140. The molecule has 2 unspecified atom stereocenters. The largest absolute Gasteiger partial charge is 0.461 e. The zero-order valence-corrected chi connectivity index (χ0v) is 21.8. The first-order chi connectivity index (χ1) is 14.5. The molecule has 0 aliphatic carbocycles. The molecule has 0 aromatic rings. The minimum atomic E-state index is -0.527. The Labute approximate surface area is 194 Å². The Morgan fingerprint density at radius 1 is 0.562 bits per heavy atom. The maximum atomic E-state index is 11.2. The molecule has 2 fully saturated rings. The van der Waals surface area contributed by atoms with Crippen LogP contribution in [0, 0.1) is 0 Å². The van der Waals surface area contributed by atoms with Crippen LogP contribution < -0.4 is 21.3 Å². The van der Waals surface area contributed by atoms with E-state index in [-0.39, 0.29) is 34.4 Å². The number of rotatable bonds is 11. The summed E-state index contributed by atoms with van der Waals surface area (Å²) in [6.07, 6.45) is 2.43. The SMILES string of the molecule is CC1(C(CCCCC(OC=O)C2(C)NC(C)(C)C(C)(C)N2)OC=O)NC(C)(C)C(C)(C)N1. The number of nitrogens with one attached hydrogen (secondary N) is 4. The standard InChI is InChI=1S/C24H46N4O4/c1-19(2)20(3,4)26-23(9,25-19)17(31-15-29)13-11-12-14-18(32-16-30)24(10)27-21(5,6)22(7,8)28-24/h15-18,25-28H,11-14H2,1-10H3. The molecule has 0 amide bonds. The Kier molecular flexibility index (Phi) is 7.48. The molecule has 4 N–H and O–H groups in total. The molecule has 2 saturated heterocycles. The molecule has 8 heteroatoms. The summed E-state index contributed by atoms with van der Waals surface area (Å²) in [7, 11) is 0. The molecule has 0 radical (unpaired) electrons. The fraction of sp³-hybridized carbons (Fsp3) is 0.917. The van der Waals surface area contributed by atoms with Gasteiger partial charge in [0.1, 0.15) is 23.5 Å². The third kappa shape index (κ3) is 5.13. The van der Waals surface area contributed by atoms with Gasteiger partial charge in [-0.1, -0.05) is 0 Å². The highest BCUT2D eigenvalue weighted by Gasteiger charge is 2.56. The van der Waals surface area contributed by atoms with E-state index in [4.69, 9.17) is 9.47 Å². The van der Waals surface area contributed by atoms with E-state index in [0.29, 0.717) is 25.8 Å². The minimum Gasteiger partial charge on any atom is -0.461 e.